The Labute approximate surface area is 187 Å². The van der Waals surface area contributed by atoms with E-state index in [9.17, 15) is 4.79 Å². The van der Waals surface area contributed by atoms with Gasteiger partial charge in [-0.05, 0) is 68.1 Å². The van der Waals surface area contributed by atoms with Crippen LogP contribution in [0.3, 0.4) is 0 Å². The maximum Gasteiger partial charge on any atom is 0.243 e. The van der Waals surface area contributed by atoms with Crippen LogP contribution in [0.1, 0.15) is 83.9 Å². The van der Waals surface area contributed by atoms with Gasteiger partial charge in [-0.2, -0.15) is 0 Å². The number of fused-ring (bicyclic) bond motifs is 3. The lowest BCUT2D eigenvalue weighted by molar-refractivity contribution is -0.135. The molecule has 1 aliphatic heterocycles. The van der Waals surface area contributed by atoms with Gasteiger partial charge in [0, 0.05) is 29.2 Å². The zero-order valence-electron chi connectivity index (χ0n) is 20.2. The summed E-state index contributed by atoms with van der Waals surface area (Å²) >= 11 is 0. The first-order valence-electron chi connectivity index (χ1n) is 12.4. The lowest BCUT2D eigenvalue weighted by Crippen LogP contribution is -2.43. The number of aryl methyl sites for hydroxylation is 1. The molecule has 4 heteroatoms. The minimum atomic E-state index is 0.273. The molecule has 0 unspecified atom stereocenters. The van der Waals surface area contributed by atoms with Crippen LogP contribution in [0.4, 0.5) is 0 Å². The fourth-order valence-electron chi connectivity index (χ4n) is 6.07. The molecule has 0 saturated carbocycles. The summed E-state index contributed by atoms with van der Waals surface area (Å²) in [5.41, 5.74) is 4.25. The van der Waals surface area contributed by atoms with Crippen LogP contribution in [0.5, 0.6) is 5.75 Å². The standard InChI is InChI=1S/C27H40N2O2/c1-6-8-19-10-11-20(9-7-2)29(19)26(30)18-28-24-16-21(31-5)12-13-22(24)23-14-15-27(3,4)17-25(23)28/h12-13,16,19-20H,6-11,14-15,17-18H2,1-5H3/t19-,20+. The molecule has 0 radical (unpaired) electrons. The molecule has 170 valence electrons. The minimum absolute atomic E-state index is 0.273. The van der Waals surface area contributed by atoms with Crippen molar-refractivity contribution in [1.29, 1.82) is 0 Å². The first-order chi connectivity index (χ1) is 14.9. The number of amides is 1. The number of nitrogens with zero attached hydrogens (tertiary/aromatic N) is 2. The normalized spacial score (nSPS) is 22.7. The van der Waals surface area contributed by atoms with Crippen molar-refractivity contribution in [2.24, 2.45) is 5.41 Å². The van der Waals surface area contributed by atoms with Gasteiger partial charge >= 0.3 is 0 Å². The first kappa shape index (κ1) is 22.2. The van der Waals surface area contributed by atoms with Gasteiger partial charge in [-0.25, -0.2) is 0 Å². The van der Waals surface area contributed by atoms with Crippen LogP contribution >= 0.6 is 0 Å². The molecule has 2 heterocycles. The van der Waals surface area contributed by atoms with Crippen molar-refractivity contribution in [2.45, 2.75) is 104 Å². The number of rotatable bonds is 7. The van der Waals surface area contributed by atoms with E-state index < -0.39 is 0 Å². The molecule has 4 nitrogen and oxygen atoms in total. The molecule has 1 aromatic carbocycles. The predicted molar refractivity (Wildman–Crippen MR) is 128 cm³/mol. The number of hydrogen-bond acceptors (Lipinski definition) is 2. The molecule has 2 atom stereocenters. The number of methoxy groups -OCH3 is 1. The molecular formula is C27H40N2O2. The van der Waals surface area contributed by atoms with Gasteiger partial charge in [0.15, 0.2) is 0 Å². The molecule has 1 saturated heterocycles. The highest BCUT2D eigenvalue weighted by molar-refractivity contribution is 5.89. The molecule has 1 aromatic heterocycles. The first-order valence-corrected chi connectivity index (χ1v) is 12.4. The third-order valence-electron chi connectivity index (χ3n) is 7.64. The summed E-state index contributed by atoms with van der Waals surface area (Å²) in [5.74, 6) is 1.17. The number of aromatic nitrogens is 1. The molecule has 1 fully saturated rings. The Balaban J connectivity index is 1.73. The van der Waals surface area contributed by atoms with Gasteiger partial charge in [0.2, 0.25) is 5.91 Å². The van der Waals surface area contributed by atoms with E-state index in [1.807, 2.05) is 0 Å². The molecular weight excluding hydrogens is 384 g/mol. The van der Waals surface area contributed by atoms with Crippen LogP contribution in [0.15, 0.2) is 18.2 Å². The van der Waals surface area contributed by atoms with Crippen molar-refractivity contribution < 1.29 is 9.53 Å². The van der Waals surface area contributed by atoms with Crippen LogP contribution in [-0.4, -0.2) is 34.6 Å². The Hall–Kier alpha value is -1.97. The quantitative estimate of drug-likeness (QED) is 0.536. The molecule has 1 amide bonds. The van der Waals surface area contributed by atoms with Crippen molar-refractivity contribution in [2.75, 3.05) is 7.11 Å². The second-order valence-electron chi connectivity index (χ2n) is 10.5. The Morgan fingerprint density at radius 1 is 1.13 bits per heavy atom. The van der Waals surface area contributed by atoms with Crippen molar-refractivity contribution >= 4 is 16.8 Å². The highest BCUT2D eigenvalue weighted by atomic mass is 16.5. The topological polar surface area (TPSA) is 34.5 Å². The molecule has 1 aliphatic carbocycles. The smallest absolute Gasteiger partial charge is 0.243 e. The van der Waals surface area contributed by atoms with Crippen molar-refractivity contribution in [3.8, 4) is 5.75 Å². The Kier molecular flexibility index (Phi) is 6.37. The lowest BCUT2D eigenvalue weighted by Gasteiger charge is -2.33. The lowest BCUT2D eigenvalue weighted by atomic mass is 9.76. The van der Waals surface area contributed by atoms with Crippen molar-refractivity contribution in [1.82, 2.24) is 9.47 Å². The van der Waals surface area contributed by atoms with Gasteiger partial charge < -0.3 is 14.2 Å². The van der Waals surface area contributed by atoms with Gasteiger partial charge in [-0.1, -0.05) is 40.5 Å². The summed E-state index contributed by atoms with van der Waals surface area (Å²) < 4.78 is 7.88. The van der Waals surface area contributed by atoms with E-state index in [2.05, 4.69) is 55.4 Å². The van der Waals surface area contributed by atoms with Crippen LogP contribution in [0.25, 0.3) is 10.9 Å². The van der Waals surface area contributed by atoms with Crippen LogP contribution in [0.2, 0.25) is 0 Å². The molecule has 0 N–H and O–H groups in total. The number of carbonyl (C=O) groups excluding carboxylic acids is 1. The second kappa shape index (κ2) is 8.88. The molecule has 0 bridgehead atoms. The van der Waals surface area contributed by atoms with Gasteiger partial charge in [-0.15, -0.1) is 0 Å². The Bertz CT molecular complexity index is 928. The largest absolute Gasteiger partial charge is 0.497 e. The SMILES string of the molecule is CCC[C@@H]1CC[C@H](CCC)N1C(=O)Cn1c2c(c3ccc(OC)cc31)CCC(C)(C)C2. The fourth-order valence-corrected chi connectivity index (χ4v) is 6.07. The second-order valence-corrected chi connectivity index (χ2v) is 10.5. The maximum absolute atomic E-state index is 13.8. The molecule has 0 spiro atoms. The summed E-state index contributed by atoms with van der Waals surface area (Å²) in [6.07, 6.45) is 10.2. The highest BCUT2D eigenvalue weighted by Crippen LogP contribution is 2.41. The average Bonchev–Trinajstić information content (AvgIpc) is 3.26. The van der Waals surface area contributed by atoms with E-state index in [1.54, 1.807) is 7.11 Å². The highest BCUT2D eigenvalue weighted by Gasteiger charge is 2.37. The summed E-state index contributed by atoms with van der Waals surface area (Å²) in [6.45, 7) is 9.64. The third kappa shape index (κ3) is 4.23. The van der Waals surface area contributed by atoms with E-state index in [0.717, 1.165) is 62.6 Å². The third-order valence-corrected chi connectivity index (χ3v) is 7.64. The monoisotopic (exact) mass is 424 g/mol. The van der Waals surface area contributed by atoms with E-state index in [4.69, 9.17) is 4.74 Å². The number of ether oxygens (including phenoxy) is 1. The zero-order valence-corrected chi connectivity index (χ0v) is 20.2. The Morgan fingerprint density at radius 2 is 1.81 bits per heavy atom. The van der Waals surface area contributed by atoms with E-state index in [0.29, 0.717) is 24.5 Å². The van der Waals surface area contributed by atoms with Crippen molar-refractivity contribution in [3.05, 3.63) is 29.5 Å². The fraction of sp³-hybridized carbons (Fsp3) is 0.667. The zero-order chi connectivity index (χ0) is 22.2. The van der Waals surface area contributed by atoms with Gasteiger partial charge in [0.1, 0.15) is 12.3 Å². The summed E-state index contributed by atoms with van der Waals surface area (Å²) in [4.78, 5) is 16.1. The van der Waals surface area contributed by atoms with Crippen LogP contribution in [0, 0.1) is 5.41 Å². The average molecular weight is 425 g/mol. The summed E-state index contributed by atoms with van der Waals surface area (Å²) in [6, 6.07) is 7.21. The molecule has 4 rings (SSSR count). The molecule has 31 heavy (non-hydrogen) atoms. The summed E-state index contributed by atoms with van der Waals surface area (Å²) in [7, 11) is 1.72. The van der Waals surface area contributed by atoms with E-state index >= 15 is 0 Å². The van der Waals surface area contributed by atoms with Gasteiger partial charge in [-0.3, -0.25) is 4.79 Å². The van der Waals surface area contributed by atoms with Crippen LogP contribution in [-0.2, 0) is 24.2 Å². The van der Waals surface area contributed by atoms with Gasteiger partial charge in [0.25, 0.3) is 0 Å². The van der Waals surface area contributed by atoms with Crippen molar-refractivity contribution in [3.63, 3.8) is 0 Å². The maximum atomic E-state index is 13.8. The molecule has 2 aromatic rings. The van der Waals surface area contributed by atoms with Gasteiger partial charge in [0.05, 0.1) is 12.6 Å². The van der Waals surface area contributed by atoms with E-state index in [-0.39, 0.29) is 5.41 Å². The van der Waals surface area contributed by atoms with Crippen LogP contribution < -0.4 is 4.74 Å². The minimum Gasteiger partial charge on any atom is -0.497 e. The van der Waals surface area contributed by atoms with E-state index in [1.165, 1.54) is 23.1 Å². The molecule has 2 aliphatic rings. The number of likely N-dealkylation sites (tertiary alicyclic amines) is 1. The number of benzene rings is 1. The number of hydrogen-bond donors (Lipinski definition) is 0. The predicted octanol–water partition coefficient (Wildman–Crippen LogP) is 6.12. The Morgan fingerprint density at radius 3 is 2.42 bits per heavy atom. The summed E-state index contributed by atoms with van der Waals surface area (Å²) in [5, 5.41) is 1.30. The number of carbonyl (C=O) groups is 1.